The summed E-state index contributed by atoms with van der Waals surface area (Å²) in [4.78, 5) is 12.6. The third kappa shape index (κ3) is 3.61. The van der Waals surface area contributed by atoms with Crippen LogP contribution in [0, 0.1) is 0 Å². The van der Waals surface area contributed by atoms with Crippen molar-refractivity contribution >= 4 is 35.3 Å². The molecule has 4 rings (SSSR count). The Bertz CT molecular complexity index is 1030. The van der Waals surface area contributed by atoms with Crippen molar-refractivity contribution in [2.45, 2.75) is 19.3 Å². The Morgan fingerprint density at radius 3 is 2.70 bits per heavy atom. The van der Waals surface area contributed by atoms with Gasteiger partial charge in [0.15, 0.2) is 5.69 Å². The molecule has 1 aromatic heterocycles. The van der Waals surface area contributed by atoms with E-state index in [4.69, 9.17) is 23.2 Å². The fourth-order valence-electron chi connectivity index (χ4n) is 3.21. The highest BCUT2D eigenvalue weighted by Gasteiger charge is 2.26. The van der Waals surface area contributed by atoms with Crippen molar-refractivity contribution in [2.24, 2.45) is 5.10 Å². The Labute approximate surface area is 166 Å². The zero-order valence-corrected chi connectivity index (χ0v) is 15.8. The lowest BCUT2D eigenvalue weighted by Crippen LogP contribution is -2.20. The van der Waals surface area contributed by atoms with Crippen molar-refractivity contribution in [1.82, 2.24) is 15.2 Å². The van der Waals surface area contributed by atoms with Crippen LogP contribution in [-0.4, -0.2) is 21.9 Å². The Hall–Kier alpha value is -2.63. The lowest BCUT2D eigenvalue weighted by molar-refractivity contribution is 0.0949. The quantitative estimate of drug-likeness (QED) is 0.521. The van der Waals surface area contributed by atoms with Crippen molar-refractivity contribution in [3.8, 4) is 5.69 Å². The average molecular weight is 399 g/mol. The molecule has 27 heavy (non-hydrogen) atoms. The van der Waals surface area contributed by atoms with Crippen LogP contribution in [0.1, 0.15) is 33.7 Å². The maximum absolute atomic E-state index is 12.6. The zero-order chi connectivity index (χ0) is 18.8. The number of benzene rings is 2. The van der Waals surface area contributed by atoms with E-state index >= 15 is 0 Å². The highest BCUT2D eigenvalue weighted by molar-refractivity contribution is 6.42. The molecule has 1 aliphatic rings. The second-order valence-corrected chi connectivity index (χ2v) is 7.06. The summed E-state index contributed by atoms with van der Waals surface area (Å²) >= 11 is 11.9. The van der Waals surface area contributed by atoms with Crippen molar-refractivity contribution in [2.75, 3.05) is 0 Å². The van der Waals surface area contributed by atoms with Crippen molar-refractivity contribution < 1.29 is 4.79 Å². The minimum Gasteiger partial charge on any atom is -0.265 e. The number of fused-ring (bicyclic) bond motifs is 1. The van der Waals surface area contributed by atoms with Crippen LogP contribution in [-0.2, 0) is 12.8 Å². The molecule has 1 N–H and O–H groups in total. The van der Waals surface area contributed by atoms with E-state index in [0.717, 1.165) is 41.8 Å². The number of amides is 1. The average Bonchev–Trinajstić information content (AvgIpc) is 3.28. The molecule has 0 unspecified atom stereocenters. The number of halogens is 2. The lowest BCUT2D eigenvalue weighted by atomic mass is 10.2. The summed E-state index contributed by atoms with van der Waals surface area (Å²) in [6.07, 6.45) is 4.31. The Morgan fingerprint density at radius 1 is 1.11 bits per heavy atom. The first-order valence-corrected chi connectivity index (χ1v) is 9.34. The van der Waals surface area contributed by atoms with Crippen LogP contribution in [0.4, 0.5) is 0 Å². The van der Waals surface area contributed by atoms with Gasteiger partial charge in [0.25, 0.3) is 5.91 Å². The molecular weight excluding hydrogens is 383 g/mol. The molecule has 0 saturated heterocycles. The molecule has 0 radical (unpaired) electrons. The van der Waals surface area contributed by atoms with E-state index in [1.54, 1.807) is 18.2 Å². The summed E-state index contributed by atoms with van der Waals surface area (Å²) in [5.74, 6) is -0.320. The van der Waals surface area contributed by atoms with E-state index in [2.05, 4.69) is 15.6 Å². The summed E-state index contributed by atoms with van der Waals surface area (Å²) in [5, 5.41) is 9.47. The summed E-state index contributed by atoms with van der Waals surface area (Å²) in [6.45, 7) is 0. The molecule has 0 aliphatic heterocycles. The summed E-state index contributed by atoms with van der Waals surface area (Å²) in [6, 6.07) is 15.0. The van der Waals surface area contributed by atoms with Gasteiger partial charge in [0.1, 0.15) is 0 Å². The molecule has 136 valence electrons. The minimum absolute atomic E-state index is 0.320. The molecule has 0 spiro atoms. The fraction of sp³-hybridized carbons (Fsp3) is 0.150. The maximum atomic E-state index is 12.6. The summed E-state index contributed by atoms with van der Waals surface area (Å²) < 4.78 is 1.86. The molecule has 1 amide bonds. The number of carbonyl (C=O) groups is 1. The van der Waals surface area contributed by atoms with Crippen molar-refractivity contribution in [3.05, 3.63) is 81.1 Å². The first-order valence-electron chi connectivity index (χ1n) is 8.58. The molecule has 0 bridgehead atoms. The first-order chi connectivity index (χ1) is 13.1. The molecule has 5 nitrogen and oxygen atoms in total. The highest BCUT2D eigenvalue weighted by atomic mass is 35.5. The predicted molar refractivity (Wildman–Crippen MR) is 107 cm³/mol. The van der Waals surface area contributed by atoms with Gasteiger partial charge in [0.05, 0.1) is 21.9 Å². The largest absolute Gasteiger partial charge is 0.292 e. The number of rotatable bonds is 4. The van der Waals surface area contributed by atoms with E-state index in [1.807, 2.05) is 35.0 Å². The Balaban J connectivity index is 1.56. The van der Waals surface area contributed by atoms with E-state index in [1.165, 1.54) is 6.21 Å². The van der Waals surface area contributed by atoms with Crippen LogP contribution >= 0.6 is 23.2 Å². The molecule has 7 heteroatoms. The van der Waals surface area contributed by atoms with Gasteiger partial charge in [-0.25, -0.2) is 10.1 Å². The van der Waals surface area contributed by atoms with Crippen molar-refractivity contribution in [3.63, 3.8) is 0 Å². The first kappa shape index (κ1) is 17.8. The topological polar surface area (TPSA) is 59.3 Å². The molecular formula is C20H16Cl2N4O. The second kappa shape index (κ2) is 7.55. The number of hydrogen-bond donors (Lipinski definition) is 1. The van der Waals surface area contributed by atoms with Crippen molar-refractivity contribution in [1.29, 1.82) is 0 Å². The second-order valence-electron chi connectivity index (χ2n) is 6.25. The van der Waals surface area contributed by atoms with Gasteiger partial charge >= 0.3 is 0 Å². The zero-order valence-electron chi connectivity index (χ0n) is 14.3. The molecule has 2 aromatic carbocycles. The molecule has 0 saturated carbocycles. The normalized spacial score (nSPS) is 13.1. The van der Waals surface area contributed by atoms with Crippen LogP contribution in [0.2, 0.25) is 10.0 Å². The van der Waals surface area contributed by atoms with Crippen LogP contribution in [0.15, 0.2) is 53.6 Å². The van der Waals surface area contributed by atoms with Crippen LogP contribution in [0.25, 0.3) is 5.69 Å². The van der Waals surface area contributed by atoms with E-state index in [9.17, 15) is 4.79 Å². The van der Waals surface area contributed by atoms with Crippen LogP contribution in [0.3, 0.4) is 0 Å². The number of aromatic nitrogens is 2. The summed E-state index contributed by atoms with van der Waals surface area (Å²) in [7, 11) is 0. The van der Waals surface area contributed by atoms with Crippen LogP contribution in [0.5, 0.6) is 0 Å². The molecule has 1 aliphatic carbocycles. The van der Waals surface area contributed by atoms with Gasteiger partial charge in [0, 0.05) is 11.3 Å². The van der Waals surface area contributed by atoms with Gasteiger partial charge in [0.2, 0.25) is 0 Å². The molecule has 3 aromatic rings. The monoisotopic (exact) mass is 398 g/mol. The van der Waals surface area contributed by atoms with Gasteiger partial charge in [-0.2, -0.15) is 10.2 Å². The van der Waals surface area contributed by atoms with E-state index < -0.39 is 0 Å². The third-order valence-corrected chi connectivity index (χ3v) is 5.21. The number of nitrogens with one attached hydrogen (secondary N) is 1. The van der Waals surface area contributed by atoms with Gasteiger partial charge in [-0.05, 0) is 49.1 Å². The van der Waals surface area contributed by atoms with Gasteiger partial charge in [-0.15, -0.1) is 0 Å². The fourth-order valence-corrected chi connectivity index (χ4v) is 3.52. The van der Waals surface area contributed by atoms with E-state index in [0.29, 0.717) is 15.7 Å². The van der Waals surface area contributed by atoms with Gasteiger partial charge in [-0.3, -0.25) is 4.79 Å². The molecule has 0 fully saturated rings. The molecule has 1 heterocycles. The predicted octanol–water partition coefficient (Wildman–Crippen LogP) is 4.43. The Kier molecular flexibility index (Phi) is 4.97. The smallest absolute Gasteiger partial charge is 0.265 e. The summed E-state index contributed by atoms with van der Waals surface area (Å²) in [5.41, 5.74) is 6.77. The minimum atomic E-state index is -0.320. The number of hydrazone groups is 1. The number of hydrogen-bond acceptors (Lipinski definition) is 3. The van der Waals surface area contributed by atoms with Crippen LogP contribution < -0.4 is 5.43 Å². The third-order valence-electron chi connectivity index (χ3n) is 4.47. The van der Waals surface area contributed by atoms with Gasteiger partial charge < -0.3 is 0 Å². The number of carbonyl (C=O) groups excluding carboxylic acids is 1. The van der Waals surface area contributed by atoms with Gasteiger partial charge in [-0.1, -0.05) is 47.5 Å². The lowest BCUT2D eigenvalue weighted by Gasteiger charge is -2.04. The van der Waals surface area contributed by atoms with E-state index in [-0.39, 0.29) is 5.91 Å². The number of para-hydroxylation sites is 1. The maximum Gasteiger partial charge on any atom is 0.292 e. The standard InChI is InChI=1S/C20H16Cl2N4O/c21-16-10-9-13(11-17(16)22)12-23-24-20(27)19-15-7-4-8-18(15)26(25-19)14-5-2-1-3-6-14/h1-3,5-6,9-12H,4,7-8H2,(H,24,27)/b23-12+. The Morgan fingerprint density at radius 2 is 1.93 bits per heavy atom. The highest BCUT2D eigenvalue weighted by Crippen LogP contribution is 2.27. The number of nitrogens with zero attached hydrogens (tertiary/aromatic N) is 3. The SMILES string of the molecule is O=C(N/N=C/c1ccc(Cl)c(Cl)c1)c1nn(-c2ccccc2)c2c1CCC2. The molecule has 0 atom stereocenters.